The molecule has 0 aromatic heterocycles. The van der Waals surface area contributed by atoms with Crippen LogP contribution >= 0.6 is 0 Å². The predicted molar refractivity (Wildman–Crippen MR) is 96.2 cm³/mol. The minimum absolute atomic E-state index is 0.0733. The largest absolute Gasteiger partial charge is 0.493 e. The topological polar surface area (TPSA) is 60.0 Å². The number of hydrogen-bond donors (Lipinski definition) is 1. The van der Waals surface area contributed by atoms with Gasteiger partial charge in [0.05, 0.1) is 6.61 Å². The highest BCUT2D eigenvalue weighted by Crippen LogP contribution is 2.35. The second-order valence-electron chi connectivity index (χ2n) is 6.90. The molecule has 0 saturated carbocycles. The van der Waals surface area contributed by atoms with Crippen LogP contribution < -0.4 is 19.5 Å². The normalized spacial score (nSPS) is 20.0. The third-order valence-electron chi connectivity index (χ3n) is 5.28. The van der Waals surface area contributed by atoms with Crippen molar-refractivity contribution in [1.82, 2.24) is 4.90 Å². The molecule has 0 radical (unpaired) electrons. The van der Waals surface area contributed by atoms with Gasteiger partial charge >= 0.3 is 6.03 Å². The summed E-state index contributed by atoms with van der Waals surface area (Å²) >= 11 is 0. The summed E-state index contributed by atoms with van der Waals surface area (Å²) in [5.74, 6) is 2.76. The van der Waals surface area contributed by atoms with Gasteiger partial charge in [-0.05, 0) is 35.7 Å². The molecule has 1 saturated heterocycles. The fourth-order valence-corrected chi connectivity index (χ4v) is 3.85. The van der Waals surface area contributed by atoms with Crippen molar-refractivity contribution < 1.29 is 19.0 Å². The van der Waals surface area contributed by atoms with Gasteiger partial charge in [-0.3, -0.25) is 0 Å². The predicted octanol–water partition coefficient (Wildman–Crippen LogP) is 3.37. The molecule has 1 unspecified atom stereocenters. The van der Waals surface area contributed by atoms with E-state index in [9.17, 15) is 4.79 Å². The Hall–Kier alpha value is -2.89. The molecule has 2 aromatic rings. The van der Waals surface area contributed by atoms with E-state index in [1.54, 1.807) is 6.07 Å². The minimum atomic E-state index is -0.0733. The molecule has 5 rings (SSSR count). The van der Waals surface area contributed by atoms with Crippen LogP contribution in [-0.2, 0) is 6.42 Å². The summed E-state index contributed by atoms with van der Waals surface area (Å²) in [6.45, 7) is 2.49. The summed E-state index contributed by atoms with van der Waals surface area (Å²) in [6, 6.07) is 11.8. The first-order chi connectivity index (χ1) is 12.8. The molecule has 2 amide bonds. The molecule has 3 aliphatic heterocycles. The molecule has 1 atom stereocenters. The van der Waals surface area contributed by atoms with Crippen LogP contribution in [0.5, 0.6) is 17.2 Å². The van der Waals surface area contributed by atoms with Gasteiger partial charge in [0.2, 0.25) is 6.79 Å². The average molecular weight is 352 g/mol. The fraction of sp³-hybridized carbons (Fsp3) is 0.350. The number of carbonyl (C=O) groups excluding carboxylic acids is 1. The Kier molecular flexibility index (Phi) is 3.62. The fourth-order valence-electron chi connectivity index (χ4n) is 3.85. The van der Waals surface area contributed by atoms with E-state index in [0.717, 1.165) is 44.0 Å². The van der Waals surface area contributed by atoms with Crippen molar-refractivity contribution >= 4 is 11.7 Å². The maximum absolute atomic E-state index is 12.6. The van der Waals surface area contributed by atoms with E-state index in [4.69, 9.17) is 14.2 Å². The first-order valence-corrected chi connectivity index (χ1v) is 8.97. The van der Waals surface area contributed by atoms with Crippen LogP contribution in [0.25, 0.3) is 0 Å². The van der Waals surface area contributed by atoms with Crippen molar-refractivity contribution in [3.05, 3.63) is 47.5 Å². The van der Waals surface area contributed by atoms with Gasteiger partial charge in [-0.25, -0.2) is 4.79 Å². The first kappa shape index (κ1) is 15.4. The Morgan fingerprint density at radius 3 is 2.88 bits per heavy atom. The molecular formula is C20H20N2O4. The number of amides is 2. The number of nitrogens with one attached hydrogen (secondary N) is 1. The number of nitrogens with zero attached hydrogens (tertiary/aromatic N) is 1. The molecule has 0 spiro atoms. The van der Waals surface area contributed by atoms with Crippen molar-refractivity contribution in [2.24, 2.45) is 0 Å². The number of fused-ring (bicyclic) bond motifs is 2. The van der Waals surface area contributed by atoms with E-state index < -0.39 is 0 Å². The number of likely N-dealkylation sites (tertiary alicyclic amines) is 1. The highest BCUT2D eigenvalue weighted by Gasteiger charge is 2.28. The molecule has 0 bridgehead atoms. The van der Waals surface area contributed by atoms with Gasteiger partial charge in [0.25, 0.3) is 0 Å². The number of ether oxygens (including phenoxy) is 3. The third-order valence-corrected chi connectivity index (χ3v) is 5.28. The van der Waals surface area contributed by atoms with E-state index in [-0.39, 0.29) is 12.8 Å². The standard InChI is InChI=1S/C20H20N2O4/c23-20(21-16-2-4-18-19(10-16)26-12-25-18)22-7-5-15(11-22)13-1-3-17-14(9-13)6-8-24-17/h1-4,9-10,15H,5-8,11-12H2,(H,21,23). The minimum Gasteiger partial charge on any atom is -0.493 e. The quantitative estimate of drug-likeness (QED) is 0.900. The lowest BCUT2D eigenvalue weighted by Gasteiger charge is -2.18. The van der Waals surface area contributed by atoms with E-state index in [1.807, 2.05) is 17.0 Å². The molecule has 6 heteroatoms. The zero-order valence-electron chi connectivity index (χ0n) is 14.4. The Morgan fingerprint density at radius 2 is 1.92 bits per heavy atom. The average Bonchev–Trinajstić information content (AvgIpc) is 3.39. The first-order valence-electron chi connectivity index (χ1n) is 8.97. The Morgan fingerprint density at radius 1 is 1.04 bits per heavy atom. The van der Waals surface area contributed by atoms with Gasteiger partial charge in [0.1, 0.15) is 5.75 Å². The summed E-state index contributed by atoms with van der Waals surface area (Å²) in [6.07, 6.45) is 1.96. The molecule has 1 N–H and O–H groups in total. The molecule has 1 fully saturated rings. The Bertz CT molecular complexity index is 867. The van der Waals surface area contributed by atoms with E-state index in [0.29, 0.717) is 17.4 Å². The van der Waals surface area contributed by atoms with Gasteiger partial charge in [0, 0.05) is 37.2 Å². The molecular weight excluding hydrogens is 332 g/mol. The number of rotatable bonds is 2. The van der Waals surface area contributed by atoms with E-state index >= 15 is 0 Å². The summed E-state index contributed by atoms with van der Waals surface area (Å²) in [7, 11) is 0. The van der Waals surface area contributed by atoms with Gasteiger partial charge in [-0.1, -0.05) is 12.1 Å². The van der Waals surface area contributed by atoms with Crippen molar-refractivity contribution in [3.8, 4) is 17.2 Å². The maximum atomic E-state index is 12.6. The van der Waals surface area contributed by atoms with Gasteiger partial charge in [0.15, 0.2) is 11.5 Å². The lowest BCUT2D eigenvalue weighted by molar-refractivity contribution is 0.174. The van der Waals surface area contributed by atoms with Crippen LogP contribution in [0.15, 0.2) is 36.4 Å². The lowest BCUT2D eigenvalue weighted by atomic mass is 9.96. The van der Waals surface area contributed by atoms with Gasteiger partial charge < -0.3 is 24.4 Å². The van der Waals surface area contributed by atoms with Crippen LogP contribution in [0, 0.1) is 0 Å². The Balaban J connectivity index is 1.25. The van der Waals surface area contributed by atoms with Gasteiger partial charge in [-0.2, -0.15) is 0 Å². The maximum Gasteiger partial charge on any atom is 0.321 e. The van der Waals surface area contributed by atoms with Crippen molar-refractivity contribution in [2.45, 2.75) is 18.8 Å². The van der Waals surface area contributed by atoms with Crippen LogP contribution in [0.1, 0.15) is 23.5 Å². The van der Waals surface area contributed by atoms with Crippen LogP contribution in [0.4, 0.5) is 10.5 Å². The SMILES string of the molecule is O=C(Nc1ccc2c(c1)OCO2)N1CCC(c2ccc3c(c2)CCO3)C1. The Labute approximate surface area is 151 Å². The molecule has 134 valence electrons. The van der Waals surface area contributed by atoms with Crippen LogP contribution in [-0.4, -0.2) is 37.4 Å². The second kappa shape index (κ2) is 6.12. The van der Waals surface area contributed by atoms with Crippen LogP contribution in [0.2, 0.25) is 0 Å². The second-order valence-corrected chi connectivity index (χ2v) is 6.90. The molecule has 0 aliphatic carbocycles. The van der Waals surface area contributed by atoms with Crippen LogP contribution in [0.3, 0.4) is 0 Å². The smallest absolute Gasteiger partial charge is 0.321 e. The van der Waals surface area contributed by atoms with E-state index in [1.165, 1.54) is 11.1 Å². The summed E-state index contributed by atoms with van der Waals surface area (Å²) in [5.41, 5.74) is 3.30. The molecule has 3 aliphatic rings. The highest BCUT2D eigenvalue weighted by molar-refractivity contribution is 5.90. The van der Waals surface area contributed by atoms with E-state index in [2.05, 4.69) is 23.5 Å². The lowest BCUT2D eigenvalue weighted by Crippen LogP contribution is -2.32. The monoisotopic (exact) mass is 352 g/mol. The third kappa shape index (κ3) is 2.71. The number of benzene rings is 2. The highest BCUT2D eigenvalue weighted by atomic mass is 16.7. The summed E-state index contributed by atoms with van der Waals surface area (Å²) < 4.78 is 16.2. The summed E-state index contributed by atoms with van der Waals surface area (Å²) in [5, 5.41) is 2.96. The zero-order valence-corrected chi connectivity index (χ0v) is 14.4. The summed E-state index contributed by atoms with van der Waals surface area (Å²) in [4.78, 5) is 14.5. The van der Waals surface area contributed by atoms with Gasteiger partial charge in [-0.15, -0.1) is 0 Å². The zero-order chi connectivity index (χ0) is 17.5. The van der Waals surface area contributed by atoms with Crippen molar-refractivity contribution in [1.29, 1.82) is 0 Å². The number of carbonyl (C=O) groups is 1. The number of hydrogen-bond acceptors (Lipinski definition) is 4. The molecule has 3 heterocycles. The molecule has 6 nitrogen and oxygen atoms in total. The number of urea groups is 1. The number of anilines is 1. The van der Waals surface area contributed by atoms with Crippen molar-refractivity contribution in [3.63, 3.8) is 0 Å². The van der Waals surface area contributed by atoms with Crippen molar-refractivity contribution in [2.75, 3.05) is 31.8 Å². The molecule has 26 heavy (non-hydrogen) atoms. The molecule has 2 aromatic carbocycles.